The summed E-state index contributed by atoms with van der Waals surface area (Å²) in [6.07, 6.45) is 8.35. The number of carbonyl (C=O) groups excluding carboxylic acids is 1. The molecule has 114 valence electrons. The minimum absolute atomic E-state index is 0.105. The van der Waals surface area contributed by atoms with Gasteiger partial charge in [-0.05, 0) is 55.4 Å². The molecule has 2 N–H and O–H groups in total. The lowest BCUT2D eigenvalue weighted by Gasteiger charge is -2.31. The van der Waals surface area contributed by atoms with Gasteiger partial charge in [-0.2, -0.15) is 0 Å². The summed E-state index contributed by atoms with van der Waals surface area (Å²) in [5.74, 6) is 0.760. The molecule has 2 aliphatic rings. The number of amides is 1. The van der Waals surface area contributed by atoms with E-state index in [2.05, 4.69) is 29.7 Å². The minimum atomic E-state index is 0.105. The second kappa shape index (κ2) is 6.50. The summed E-state index contributed by atoms with van der Waals surface area (Å²) in [5.41, 5.74) is 3.30. The molecule has 3 heteroatoms. The quantitative estimate of drug-likeness (QED) is 0.888. The summed E-state index contributed by atoms with van der Waals surface area (Å²) in [6, 6.07) is 6.45. The lowest BCUT2D eigenvalue weighted by atomic mass is 9.83. The van der Waals surface area contributed by atoms with Crippen molar-refractivity contribution in [3.05, 3.63) is 29.3 Å². The Labute approximate surface area is 127 Å². The number of hydrogen-bond acceptors (Lipinski definition) is 2. The number of nitrogens with one attached hydrogen (secondary N) is 2. The SMILES string of the molecule is CCC1CCCCC1NC(=O)c1ccc2c(c1)CCCN2. The Morgan fingerprint density at radius 1 is 1.29 bits per heavy atom. The van der Waals surface area contributed by atoms with Crippen LogP contribution in [0.5, 0.6) is 0 Å². The van der Waals surface area contributed by atoms with Gasteiger partial charge in [0.05, 0.1) is 0 Å². The van der Waals surface area contributed by atoms with Crippen molar-refractivity contribution < 1.29 is 4.79 Å². The van der Waals surface area contributed by atoms with Gasteiger partial charge in [-0.1, -0.05) is 26.2 Å². The standard InChI is InChI=1S/C18H26N2O/c1-2-13-6-3-4-8-17(13)20-18(21)15-9-10-16-14(12-15)7-5-11-19-16/h9-10,12-13,17,19H,2-8,11H2,1H3,(H,20,21). The first kappa shape index (κ1) is 14.4. The number of aryl methyl sites for hydroxylation is 1. The molecule has 1 amide bonds. The zero-order chi connectivity index (χ0) is 14.7. The van der Waals surface area contributed by atoms with Gasteiger partial charge in [0.1, 0.15) is 0 Å². The third kappa shape index (κ3) is 3.22. The van der Waals surface area contributed by atoms with Crippen LogP contribution in [-0.2, 0) is 6.42 Å². The second-order valence-corrected chi connectivity index (χ2v) is 6.43. The summed E-state index contributed by atoms with van der Waals surface area (Å²) in [4.78, 5) is 12.5. The number of anilines is 1. The van der Waals surface area contributed by atoms with E-state index in [0.717, 1.165) is 31.4 Å². The predicted octanol–water partition coefficient (Wildman–Crippen LogP) is 3.74. The Morgan fingerprint density at radius 2 is 2.14 bits per heavy atom. The molecule has 1 aliphatic heterocycles. The molecular formula is C18H26N2O. The van der Waals surface area contributed by atoms with E-state index in [-0.39, 0.29) is 5.91 Å². The van der Waals surface area contributed by atoms with Crippen molar-refractivity contribution >= 4 is 11.6 Å². The van der Waals surface area contributed by atoms with E-state index >= 15 is 0 Å². The lowest BCUT2D eigenvalue weighted by molar-refractivity contribution is 0.0904. The van der Waals surface area contributed by atoms with Gasteiger partial charge in [-0.15, -0.1) is 0 Å². The number of rotatable bonds is 3. The third-order valence-corrected chi connectivity index (χ3v) is 5.06. The van der Waals surface area contributed by atoms with Gasteiger partial charge < -0.3 is 10.6 Å². The first-order valence-electron chi connectivity index (χ1n) is 8.45. The molecule has 1 fully saturated rings. The van der Waals surface area contributed by atoms with Crippen LogP contribution < -0.4 is 10.6 Å². The summed E-state index contributed by atoms with van der Waals surface area (Å²) < 4.78 is 0. The topological polar surface area (TPSA) is 41.1 Å². The van der Waals surface area contributed by atoms with Crippen LogP contribution in [0.15, 0.2) is 18.2 Å². The highest BCUT2D eigenvalue weighted by Crippen LogP contribution is 2.27. The molecule has 1 saturated carbocycles. The molecule has 1 aromatic rings. The highest BCUT2D eigenvalue weighted by Gasteiger charge is 2.25. The zero-order valence-corrected chi connectivity index (χ0v) is 13.0. The van der Waals surface area contributed by atoms with Gasteiger partial charge in [-0.3, -0.25) is 4.79 Å². The Morgan fingerprint density at radius 3 is 3.00 bits per heavy atom. The van der Waals surface area contributed by atoms with Crippen LogP contribution in [0.3, 0.4) is 0 Å². The van der Waals surface area contributed by atoms with Crippen molar-refractivity contribution in [2.45, 2.75) is 57.9 Å². The monoisotopic (exact) mass is 286 g/mol. The molecule has 21 heavy (non-hydrogen) atoms. The molecule has 0 bridgehead atoms. The molecule has 0 aromatic heterocycles. The molecule has 2 unspecified atom stereocenters. The maximum atomic E-state index is 12.5. The number of fused-ring (bicyclic) bond motifs is 1. The molecular weight excluding hydrogens is 260 g/mol. The van der Waals surface area contributed by atoms with Gasteiger partial charge in [0.2, 0.25) is 0 Å². The molecule has 1 aliphatic carbocycles. The van der Waals surface area contributed by atoms with Crippen molar-refractivity contribution in [2.24, 2.45) is 5.92 Å². The molecule has 0 saturated heterocycles. The maximum Gasteiger partial charge on any atom is 0.251 e. The van der Waals surface area contributed by atoms with E-state index in [1.54, 1.807) is 0 Å². The number of hydrogen-bond donors (Lipinski definition) is 2. The fraction of sp³-hybridized carbons (Fsp3) is 0.611. The summed E-state index contributed by atoms with van der Waals surface area (Å²) in [5, 5.41) is 6.68. The maximum absolute atomic E-state index is 12.5. The predicted molar refractivity (Wildman–Crippen MR) is 86.8 cm³/mol. The van der Waals surface area contributed by atoms with Crippen LogP contribution >= 0.6 is 0 Å². The van der Waals surface area contributed by atoms with E-state index in [1.807, 2.05) is 6.07 Å². The molecule has 3 nitrogen and oxygen atoms in total. The Balaban J connectivity index is 1.70. The van der Waals surface area contributed by atoms with Crippen molar-refractivity contribution in [2.75, 3.05) is 11.9 Å². The first-order chi connectivity index (χ1) is 10.3. The fourth-order valence-electron chi connectivity index (χ4n) is 3.75. The number of benzene rings is 1. The molecule has 3 rings (SSSR count). The van der Waals surface area contributed by atoms with Crippen LogP contribution in [0, 0.1) is 5.92 Å². The van der Waals surface area contributed by atoms with Gasteiger partial charge in [0.25, 0.3) is 5.91 Å². The van der Waals surface area contributed by atoms with Crippen molar-refractivity contribution in [1.82, 2.24) is 5.32 Å². The Hall–Kier alpha value is -1.51. The van der Waals surface area contributed by atoms with E-state index in [1.165, 1.54) is 36.9 Å². The summed E-state index contributed by atoms with van der Waals surface area (Å²) in [7, 11) is 0. The molecule has 0 spiro atoms. The van der Waals surface area contributed by atoms with Gasteiger partial charge >= 0.3 is 0 Å². The largest absolute Gasteiger partial charge is 0.385 e. The average molecular weight is 286 g/mol. The third-order valence-electron chi connectivity index (χ3n) is 5.06. The second-order valence-electron chi connectivity index (χ2n) is 6.43. The molecule has 2 atom stereocenters. The van der Waals surface area contributed by atoms with E-state index in [9.17, 15) is 4.79 Å². The van der Waals surface area contributed by atoms with Crippen LogP contribution in [0.25, 0.3) is 0 Å². The van der Waals surface area contributed by atoms with Crippen LogP contribution in [0.2, 0.25) is 0 Å². The van der Waals surface area contributed by atoms with Crippen LogP contribution in [-0.4, -0.2) is 18.5 Å². The minimum Gasteiger partial charge on any atom is -0.385 e. The normalized spacial score (nSPS) is 24.8. The van der Waals surface area contributed by atoms with E-state index < -0.39 is 0 Å². The van der Waals surface area contributed by atoms with Gasteiger partial charge in [0, 0.05) is 23.8 Å². The Kier molecular flexibility index (Phi) is 4.47. The molecule has 0 radical (unpaired) electrons. The highest BCUT2D eigenvalue weighted by molar-refractivity contribution is 5.95. The number of carbonyl (C=O) groups is 1. The van der Waals surface area contributed by atoms with Crippen LogP contribution in [0.1, 0.15) is 61.4 Å². The van der Waals surface area contributed by atoms with Gasteiger partial charge in [0.15, 0.2) is 0 Å². The molecule has 1 heterocycles. The zero-order valence-electron chi connectivity index (χ0n) is 13.0. The summed E-state index contributed by atoms with van der Waals surface area (Å²) >= 11 is 0. The van der Waals surface area contributed by atoms with E-state index in [0.29, 0.717) is 12.0 Å². The van der Waals surface area contributed by atoms with Gasteiger partial charge in [-0.25, -0.2) is 0 Å². The summed E-state index contributed by atoms with van der Waals surface area (Å²) in [6.45, 7) is 3.28. The van der Waals surface area contributed by atoms with Crippen molar-refractivity contribution in [3.63, 3.8) is 0 Å². The average Bonchev–Trinajstić information content (AvgIpc) is 2.55. The first-order valence-corrected chi connectivity index (χ1v) is 8.45. The smallest absolute Gasteiger partial charge is 0.251 e. The highest BCUT2D eigenvalue weighted by atomic mass is 16.1. The van der Waals surface area contributed by atoms with Crippen molar-refractivity contribution in [3.8, 4) is 0 Å². The van der Waals surface area contributed by atoms with E-state index in [4.69, 9.17) is 0 Å². The molecule has 1 aromatic carbocycles. The Bertz CT molecular complexity index is 512. The van der Waals surface area contributed by atoms with Crippen LogP contribution in [0.4, 0.5) is 5.69 Å². The van der Waals surface area contributed by atoms with Crippen molar-refractivity contribution in [1.29, 1.82) is 0 Å². The lowest BCUT2D eigenvalue weighted by Crippen LogP contribution is -2.41. The fourth-order valence-corrected chi connectivity index (χ4v) is 3.75.